The Kier molecular flexibility index (Phi) is 4.97. The fraction of sp³-hybridized carbons (Fsp3) is 0.500. The molecule has 1 saturated heterocycles. The van der Waals surface area contributed by atoms with E-state index in [1.807, 2.05) is 6.92 Å². The molecule has 1 aromatic carbocycles. The molecule has 2 unspecified atom stereocenters. The predicted molar refractivity (Wildman–Crippen MR) is 80.0 cm³/mol. The Morgan fingerprint density at radius 3 is 2.62 bits per heavy atom. The Morgan fingerprint density at radius 1 is 1.43 bits per heavy atom. The number of rotatable bonds is 5. The number of amides is 1. The van der Waals surface area contributed by atoms with E-state index < -0.39 is 10.0 Å². The molecule has 116 valence electrons. The molecule has 0 aromatic heterocycles. The number of carbonyl (C=O) groups is 1. The fourth-order valence-corrected chi connectivity index (χ4v) is 3.00. The lowest BCUT2D eigenvalue weighted by Crippen LogP contribution is -2.29. The number of primary sulfonamides is 1. The van der Waals surface area contributed by atoms with E-state index in [0.717, 1.165) is 25.1 Å². The summed E-state index contributed by atoms with van der Waals surface area (Å²) >= 11 is 0. The molecule has 0 spiro atoms. The molecule has 1 amide bonds. The van der Waals surface area contributed by atoms with Gasteiger partial charge in [-0.15, -0.1) is 0 Å². The summed E-state index contributed by atoms with van der Waals surface area (Å²) in [5, 5.41) is 11.2. The highest BCUT2D eigenvalue weighted by Gasteiger charge is 2.19. The molecule has 1 aliphatic rings. The zero-order valence-electron chi connectivity index (χ0n) is 12.0. The maximum absolute atomic E-state index is 12.0. The highest BCUT2D eigenvalue weighted by atomic mass is 32.2. The first-order valence-electron chi connectivity index (χ1n) is 6.99. The molecule has 1 fully saturated rings. The minimum Gasteiger partial charge on any atom is -0.350 e. The number of hydrogen-bond donors (Lipinski definition) is 3. The summed E-state index contributed by atoms with van der Waals surface area (Å²) in [7, 11) is -3.68. The van der Waals surface area contributed by atoms with Gasteiger partial charge in [0.2, 0.25) is 15.9 Å². The van der Waals surface area contributed by atoms with Crippen molar-refractivity contribution in [2.24, 2.45) is 11.1 Å². The minimum atomic E-state index is -3.68. The Morgan fingerprint density at radius 2 is 2.10 bits per heavy atom. The Labute approximate surface area is 125 Å². The van der Waals surface area contributed by atoms with Crippen LogP contribution in [0.15, 0.2) is 29.2 Å². The lowest BCUT2D eigenvalue weighted by Gasteiger charge is -2.16. The van der Waals surface area contributed by atoms with Crippen LogP contribution in [-0.2, 0) is 14.8 Å². The SMILES string of the molecule is CC(NC(=O)CC1CCNC1)c1ccc(S(N)(=O)=O)cc1. The highest BCUT2D eigenvalue weighted by Crippen LogP contribution is 2.17. The summed E-state index contributed by atoms with van der Waals surface area (Å²) in [6, 6.07) is 6.08. The lowest BCUT2D eigenvalue weighted by molar-refractivity contribution is -0.122. The second-order valence-electron chi connectivity index (χ2n) is 5.47. The largest absolute Gasteiger partial charge is 0.350 e. The highest BCUT2D eigenvalue weighted by molar-refractivity contribution is 7.89. The van der Waals surface area contributed by atoms with Gasteiger partial charge in [-0.1, -0.05) is 12.1 Å². The van der Waals surface area contributed by atoms with E-state index >= 15 is 0 Å². The van der Waals surface area contributed by atoms with Crippen molar-refractivity contribution in [3.63, 3.8) is 0 Å². The molecule has 6 nitrogen and oxygen atoms in total. The van der Waals surface area contributed by atoms with E-state index in [1.54, 1.807) is 12.1 Å². The molecule has 1 heterocycles. The van der Waals surface area contributed by atoms with Gasteiger partial charge in [0.25, 0.3) is 0 Å². The first kappa shape index (κ1) is 15.9. The Bertz CT molecular complexity index is 592. The van der Waals surface area contributed by atoms with Crippen LogP contribution in [0.5, 0.6) is 0 Å². The molecule has 1 aliphatic heterocycles. The molecule has 2 rings (SSSR count). The molecule has 1 aromatic rings. The van der Waals surface area contributed by atoms with E-state index in [1.165, 1.54) is 12.1 Å². The maximum atomic E-state index is 12.0. The van der Waals surface area contributed by atoms with Crippen LogP contribution in [0.4, 0.5) is 0 Å². The van der Waals surface area contributed by atoms with Crippen molar-refractivity contribution in [2.75, 3.05) is 13.1 Å². The average molecular weight is 311 g/mol. The number of sulfonamides is 1. The molecular formula is C14H21N3O3S. The Balaban J connectivity index is 1.93. The summed E-state index contributed by atoms with van der Waals surface area (Å²) in [6.45, 7) is 3.74. The maximum Gasteiger partial charge on any atom is 0.238 e. The minimum absolute atomic E-state index is 0.0201. The van der Waals surface area contributed by atoms with Gasteiger partial charge in [-0.2, -0.15) is 0 Å². The van der Waals surface area contributed by atoms with Crippen LogP contribution < -0.4 is 15.8 Å². The van der Waals surface area contributed by atoms with Gasteiger partial charge in [0.15, 0.2) is 0 Å². The molecule has 21 heavy (non-hydrogen) atoms. The molecule has 0 bridgehead atoms. The number of benzene rings is 1. The lowest BCUT2D eigenvalue weighted by atomic mass is 10.0. The van der Waals surface area contributed by atoms with Crippen molar-refractivity contribution >= 4 is 15.9 Å². The average Bonchev–Trinajstić information content (AvgIpc) is 2.90. The molecule has 2 atom stereocenters. The van der Waals surface area contributed by atoms with Gasteiger partial charge < -0.3 is 10.6 Å². The van der Waals surface area contributed by atoms with E-state index in [2.05, 4.69) is 10.6 Å². The Hall–Kier alpha value is -1.44. The second-order valence-corrected chi connectivity index (χ2v) is 7.03. The normalized spacial score (nSPS) is 20.2. The smallest absolute Gasteiger partial charge is 0.238 e. The number of nitrogens with one attached hydrogen (secondary N) is 2. The van der Waals surface area contributed by atoms with Crippen LogP contribution >= 0.6 is 0 Å². The van der Waals surface area contributed by atoms with Gasteiger partial charge in [0.1, 0.15) is 0 Å². The quantitative estimate of drug-likeness (QED) is 0.737. The van der Waals surface area contributed by atoms with Crippen molar-refractivity contribution in [3.05, 3.63) is 29.8 Å². The summed E-state index contributed by atoms with van der Waals surface area (Å²) in [5.41, 5.74) is 0.847. The monoisotopic (exact) mass is 311 g/mol. The van der Waals surface area contributed by atoms with Crippen LogP contribution in [0.2, 0.25) is 0 Å². The third-order valence-electron chi connectivity index (χ3n) is 3.72. The summed E-state index contributed by atoms with van der Waals surface area (Å²) in [6.07, 6.45) is 1.55. The van der Waals surface area contributed by atoms with E-state index in [4.69, 9.17) is 5.14 Å². The molecule has 4 N–H and O–H groups in total. The van der Waals surface area contributed by atoms with Gasteiger partial charge in [0, 0.05) is 6.42 Å². The van der Waals surface area contributed by atoms with Crippen molar-refractivity contribution in [3.8, 4) is 0 Å². The molecule has 7 heteroatoms. The van der Waals surface area contributed by atoms with Crippen molar-refractivity contribution < 1.29 is 13.2 Å². The van der Waals surface area contributed by atoms with Gasteiger partial charge in [-0.25, -0.2) is 13.6 Å². The van der Waals surface area contributed by atoms with Crippen molar-refractivity contribution in [2.45, 2.75) is 30.7 Å². The number of nitrogens with two attached hydrogens (primary N) is 1. The number of carbonyl (C=O) groups excluding carboxylic acids is 1. The third-order valence-corrected chi connectivity index (χ3v) is 4.65. The molecular weight excluding hydrogens is 290 g/mol. The van der Waals surface area contributed by atoms with Crippen LogP contribution in [0.3, 0.4) is 0 Å². The van der Waals surface area contributed by atoms with Gasteiger partial charge >= 0.3 is 0 Å². The number of hydrogen-bond acceptors (Lipinski definition) is 4. The standard InChI is InChI=1S/C14H21N3O3S/c1-10(17-14(18)8-11-6-7-16-9-11)12-2-4-13(5-3-12)21(15,19)20/h2-5,10-11,16H,6-9H2,1H3,(H,17,18)(H2,15,19,20). The fourth-order valence-electron chi connectivity index (χ4n) is 2.48. The van der Waals surface area contributed by atoms with Crippen LogP contribution in [0.25, 0.3) is 0 Å². The third kappa shape index (κ3) is 4.52. The van der Waals surface area contributed by atoms with Gasteiger partial charge in [0.05, 0.1) is 10.9 Å². The van der Waals surface area contributed by atoms with Crippen molar-refractivity contribution in [1.29, 1.82) is 0 Å². The van der Waals surface area contributed by atoms with Gasteiger partial charge in [-0.05, 0) is 50.0 Å². The van der Waals surface area contributed by atoms with Crippen LogP contribution in [-0.4, -0.2) is 27.4 Å². The zero-order chi connectivity index (χ0) is 15.5. The van der Waals surface area contributed by atoms with E-state index in [9.17, 15) is 13.2 Å². The molecule has 0 aliphatic carbocycles. The topological polar surface area (TPSA) is 101 Å². The van der Waals surface area contributed by atoms with Crippen LogP contribution in [0.1, 0.15) is 31.4 Å². The summed E-state index contributed by atoms with van der Waals surface area (Å²) < 4.78 is 22.4. The van der Waals surface area contributed by atoms with Crippen LogP contribution in [0, 0.1) is 5.92 Å². The molecule has 0 saturated carbocycles. The van der Waals surface area contributed by atoms with Crippen molar-refractivity contribution in [1.82, 2.24) is 10.6 Å². The summed E-state index contributed by atoms with van der Waals surface area (Å²) in [4.78, 5) is 12.0. The molecule has 0 radical (unpaired) electrons. The second kappa shape index (κ2) is 6.55. The van der Waals surface area contributed by atoms with E-state index in [0.29, 0.717) is 12.3 Å². The first-order valence-corrected chi connectivity index (χ1v) is 8.54. The zero-order valence-corrected chi connectivity index (χ0v) is 12.8. The first-order chi connectivity index (χ1) is 9.86. The van der Waals surface area contributed by atoms with Gasteiger partial charge in [-0.3, -0.25) is 4.79 Å². The summed E-state index contributed by atoms with van der Waals surface area (Å²) in [5.74, 6) is 0.425. The predicted octanol–water partition coefficient (Wildman–Crippen LogP) is 0.511. The van der Waals surface area contributed by atoms with E-state index in [-0.39, 0.29) is 16.8 Å².